The van der Waals surface area contributed by atoms with Crippen LogP contribution in [0, 0.1) is 6.92 Å². The Hall–Kier alpha value is -1.36. The van der Waals surface area contributed by atoms with E-state index in [4.69, 9.17) is 0 Å². The van der Waals surface area contributed by atoms with Gasteiger partial charge in [0.25, 0.3) is 0 Å². The maximum absolute atomic E-state index is 11.5. The minimum Gasteiger partial charge on any atom is -0.310 e. The number of nitrogens with one attached hydrogen (secondary N) is 2. The van der Waals surface area contributed by atoms with Gasteiger partial charge in [-0.25, -0.2) is 0 Å². The fraction of sp³-hybridized carbons (Fsp3) is 0.556. The van der Waals surface area contributed by atoms with E-state index in [1.54, 1.807) is 4.68 Å². The van der Waals surface area contributed by atoms with Crippen molar-refractivity contribution in [3.8, 4) is 0 Å². The van der Waals surface area contributed by atoms with E-state index in [-0.39, 0.29) is 11.9 Å². The summed E-state index contributed by atoms with van der Waals surface area (Å²) in [7, 11) is 1.82. The number of anilines is 1. The van der Waals surface area contributed by atoms with Gasteiger partial charge in [-0.15, -0.1) is 0 Å². The fourth-order valence-corrected chi connectivity index (χ4v) is 1.45. The largest absolute Gasteiger partial charge is 0.310 e. The monoisotopic (exact) mass is 194 g/mol. The lowest BCUT2D eigenvalue weighted by Gasteiger charge is -2.26. The van der Waals surface area contributed by atoms with Crippen molar-refractivity contribution in [1.82, 2.24) is 15.1 Å². The molecule has 5 heteroatoms. The first-order valence-electron chi connectivity index (χ1n) is 4.72. The molecule has 5 nitrogen and oxygen atoms in total. The molecule has 0 radical (unpaired) electrons. The second-order valence-corrected chi connectivity index (χ2v) is 3.58. The van der Waals surface area contributed by atoms with Gasteiger partial charge in [0.15, 0.2) is 0 Å². The molecule has 0 spiro atoms. The quantitative estimate of drug-likeness (QED) is 0.698. The first-order valence-corrected chi connectivity index (χ1v) is 4.72. The maximum atomic E-state index is 11.5. The van der Waals surface area contributed by atoms with Crippen molar-refractivity contribution in [3.63, 3.8) is 0 Å². The Labute approximate surface area is 82.5 Å². The Morgan fingerprint density at radius 3 is 2.93 bits per heavy atom. The van der Waals surface area contributed by atoms with Gasteiger partial charge < -0.3 is 10.6 Å². The molecule has 1 saturated heterocycles. The van der Waals surface area contributed by atoms with Gasteiger partial charge in [0.1, 0.15) is 5.82 Å². The van der Waals surface area contributed by atoms with Crippen molar-refractivity contribution in [2.45, 2.75) is 19.4 Å². The molecule has 0 aromatic carbocycles. The molecule has 1 amide bonds. The van der Waals surface area contributed by atoms with Gasteiger partial charge in [0.05, 0.1) is 11.7 Å². The summed E-state index contributed by atoms with van der Waals surface area (Å²) in [4.78, 5) is 11.5. The first kappa shape index (κ1) is 9.21. The van der Waals surface area contributed by atoms with Crippen LogP contribution in [0.15, 0.2) is 6.07 Å². The molecule has 2 heterocycles. The molecule has 1 fully saturated rings. The summed E-state index contributed by atoms with van der Waals surface area (Å²) in [6.45, 7) is 2.83. The summed E-state index contributed by atoms with van der Waals surface area (Å²) < 4.78 is 1.67. The highest BCUT2D eigenvalue weighted by molar-refractivity contribution is 5.94. The minimum atomic E-state index is -0.0230. The van der Waals surface area contributed by atoms with Gasteiger partial charge in [-0.3, -0.25) is 9.48 Å². The van der Waals surface area contributed by atoms with E-state index in [2.05, 4.69) is 15.7 Å². The lowest BCUT2D eigenvalue weighted by molar-refractivity contribution is -0.119. The highest BCUT2D eigenvalue weighted by Gasteiger charge is 2.24. The molecule has 2 rings (SSSR count). The number of rotatable bonds is 2. The number of aryl methyl sites for hydroxylation is 2. The molecule has 0 unspecified atom stereocenters. The Balaban J connectivity index is 2.02. The summed E-state index contributed by atoms with van der Waals surface area (Å²) >= 11 is 0. The second-order valence-electron chi connectivity index (χ2n) is 3.58. The number of aromatic nitrogens is 2. The van der Waals surface area contributed by atoms with Crippen molar-refractivity contribution in [2.75, 3.05) is 11.9 Å². The Morgan fingerprint density at radius 1 is 1.79 bits per heavy atom. The number of carbonyl (C=O) groups is 1. The van der Waals surface area contributed by atoms with E-state index in [1.165, 1.54) is 0 Å². The smallest absolute Gasteiger partial charge is 0.242 e. The molecular formula is C9H14N4O. The van der Waals surface area contributed by atoms with E-state index in [0.717, 1.165) is 24.5 Å². The van der Waals surface area contributed by atoms with Crippen LogP contribution in [0.5, 0.6) is 0 Å². The molecule has 14 heavy (non-hydrogen) atoms. The molecule has 1 aromatic heterocycles. The van der Waals surface area contributed by atoms with Gasteiger partial charge in [0.2, 0.25) is 5.91 Å². The van der Waals surface area contributed by atoms with Crippen LogP contribution in [0.4, 0.5) is 5.82 Å². The summed E-state index contributed by atoms with van der Waals surface area (Å²) in [5.41, 5.74) is 0.907. The summed E-state index contributed by atoms with van der Waals surface area (Å²) in [6.07, 6.45) is 0.919. The number of nitrogens with zero attached hydrogens (tertiary/aromatic N) is 2. The zero-order chi connectivity index (χ0) is 10.1. The van der Waals surface area contributed by atoms with Crippen molar-refractivity contribution in [3.05, 3.63) is 11.8 Å². The van der Waals surface area contributed by atoms with Crippen molar-refractivity contribution in [2.24, 2.45) is 7.05 Å². The Morgan fingerprint density at radius 2 is 2.50 bits per heavy atom. The van der Waals surface area contributed by atoms with Crippen LogP contribution >= 0.6 is 0 Å². The molecule has 1 aromatic rings. The molecule has 0 aliphatic carbocycles. The lowest BCUT2D eigenvalue weighted by Crippen LogP contribution is -2.51. The summed E-state index contributed by atoms with van der Waals surface area (Å²) in [6, 6.07) is 1.83. The molecule has 76 valence electrons. The first-order chi connectivity index (χ1) is 6.66. The van der Waals surface area contributed by atoms with Gasteiger partial charge >= 0.3 is 0 Å². The zero-order valence-corrected chi connectivity index (χ0v) is 8.37. The maximum Gasteiger partial charge on any atom is 0.242 e. The van der Waals surface area contributed by atoms with Crippen molar-refractivity contribution >= 4 is 11.7 Å². The summed E-state index contributed by atoms with van der Waals surface area (Å²) in [5, 5.41) is 10.0. The standard InChI is InChI=1S/C9H14N4O/c1-6-5-8(13(2)12-6)11-9(14)7-3-4-10-7/h5,7,10H,3-4H2,1-2H3,(H,11,14)/t7-/m1/s1. The zero-order valence-electron chi connectivity index (χ0n) is 8.37. The highest BCUT2D eigenvalue weighted by Crippen LogP contribution is 2.10. The predicted molar refractivity (Wildman–Crippen MR) is 53.0 cm³/mol. The molecule has 1 aliphatic heterocycles. The molecule has 2 N–H and O–H groups in total. The third-order valence-electron chi connectivity index (χ3n) is 2.39. The van der Waals surface area contributed by atoms with Gasteiger partial charge in [0, 0.05) is 13.1 Å². The average molecular weight is 194 g/mol. The topological polar surface area (TPSA) is 59.0 Å². The van der Waals surface area contributed by atoms with E-state index in [9.17, 15) is 4.79 Å². The van der Waals surface area contributed by atoms with Crippen LogP contribution in [-0.2, 0) is 11.8 Å². The molecular weight excluding hydrogens is 180 g/mol. The number of hydrogen-bond donors (Lipinski definition) is 2. The molecule has 0 saturated carbocycles. The average Bonchev–Trinajstić information content (AvgIpc) is 2.26. The summed E-state index contributed by atoms with van der Waals surface area (Å²) in [5.74, 6) is 0.778. The highest BCUT2D eigenvalue weighted by atomic mass is 16.2. The lowest BCUT2D eigenvalue weighted by atomic mass is 10.1. The van der Waals surface area contributed by atoms with Gasteiger partial charge in [-0.05, 0) is 19.9 Å². The van der Waals surface area contributed by atoms with Crippen LogP contribution in [0.2, 0.25) is 0 Å². The minimum absolute atomic E-state index is 0.0230. The van der Waals surface area contributed by atoms with Crippen LogP contribution in [-0.4, -0.2) is 28.3 Å². The molecule has 1 aliphatic rings. The van der Waals surface area contributed by atoms with Crippen LogP contribution in [0.1, 0.15) is 12.1 Å². The molecule has 0 bridgehead atoms. The second kappa shape index (κ2) is 3.42. The normalized spacial score (nSPS) is 20.3. The van der Waals surface area contributed by atoms with Crippen molar-refractivity contribution < 1.29 is 4.79 Å². The van der Waals surface area contributed by atoms with Gasteiger partial charge in [-0.1, -0.05) is 0 Å². The molecule has 1 atom stereocenters. The Bertz CT molecular complexity index is 354. The van der Waals surface area contributed by atoms with Gasteiger partial charge in [-0.2, -0.15) is 5.10 Å². The van der Waals surface area contributed by atoms with E-state index in [0.29, 0.717) is 0 Å². The van der Waals surface area contributed by atoms with Crippen LogP contribution in [0.25, 0.3) is 0 Å². The van der Waals surface area contributed by atoms with Crippen LogP contribution < -0.4 is 10.6 Å². The predicted octanol–water partition coefficient (Wildman–Crippen LogP) is 0.0289. The number of hydrogen-bond acceptors (Lipinski definition) is 3. The van der Waals surface area contributed by atoms with E-state index >= 15 is 0 Å². The SMILES string of the molecule is Cc1cc(NC(=O)[C@H]2CCN2)n(C)n1. The third kappa shape index (κ3) is 1.63. The Kier molecular flexibility index (Phi) is 2.25. The number of amides is 1. The fourth-order valence-electron chi connectivity index (χ4n) is 1.45. The van der Waals surface area contributed by atoms with E-state index in [1.807, 2.05) is 20.0 Å². The number of carbonyl (C=O) groups excluding carboxylic acids is 1. The van der Waals surface area contributed by atoms with Crippen LogP contribution in [0.3, 0.4) is 0 Å². The third-order valence-corrected chi connectivity index (χ3v) is 2.39. The van der Waals surface area contributed by atoms with Crippen molar-refractivity contribution in [1.29, 1.82) is 0 Å². The van der Waals surface area contributed by atoms with E-state index < -0.39 is 0 Å².